The Balaban J connectivity index is 1.82. The first-order valence-electron chi connectivity index (χ1n) is 6.74. The lowest BCUT2D eigenvalue weighted by atomic mass is 9.73. The third-order valence-corrected chi connectivity index (χ3v) is 5.00. The molecule has 4 atom stereocenters. The van der Waals surface area contributed by atoms with Crippen LogP contribution in [-0.2, 0) is 4.79 Å². The minimum atomic E-state index is -0.546. The highest BCUT2D eigenvalue weighted by atomic mass is 16.4. The van der Waals surface area contributed by atoms with Crippen LogP contribution in [0.1, 0.15) is 44.9 Å². The standard InChI is InChI=1S/C13H21NO2/c15-13(16)10-7-9-5-6-11(14-9)12(10)8-3-1-2-4-8/h8-12,14H,1-7H2,(H,15,16). The van der Waals surface area contributed by atoms with Crippen LogP contribution in [0.25, 0.3) is 0 Å². The Morgan fingerprint density at radius 3 is 2.56 bits per heavy atom. The predicted molar refractivity (Wildman–Crippen MR) is 61.1 cm³/mol. The van der Waals surface area contributed by atoms with Gasteiger partial charge < -0.3 is 10.4 Å². The zero-order valence-corrected chi connectivity index (χ0v) is 9.69. The van der Waals surface area contributed by atoms with E-state index in [1.807, 2.05) is 0 Å². The van der Waals surface area contributed by atoms with E-state index in [0.717, 1.165) is 6.42 Å². The van der Waals surface area contributed by atoms with Gasteiger partial charge in [0.1, 0.15) is 0 Å². The molecule has 4 unspecified atom stereocenters. The van der Waals surface area contributed by atoms with Gasteiger partial charge in [-0.1, -0.05) is 25.7 Å². The van der Waals surface area contributed by atoms with Crippen molar-refractivity contribution in [2.45, 2.75) is 57.0 Å². The highest BCUT2D eigenvalue weighted by Gasteiger charge is 2.47. The molecule has 0 aromatic heterocycles. The maximum Gasteiger partial charge on any atom is 0.306 e. The summed E-state index contributed by atoms with van der Waals surface area (Å²) in [7, 11) is 0. The summed E-state index contributed by atoms with van der Waals surface area (Å²) in [5.41, 5.74) is 0. The number of rotatable bonds is 2. The highest BCUT2D eigenvalue weighted by Crippen LogP contribution is 2.45. The molecule has 0 aromatic carbocycles. The van der Waals surface area contributed by atoms with E-state index in [4.69, 9.17) is 0 Å². The molecule has 3 heteroatoms. The molecule has 2 saturated heterocycles. The number of carboxylic acid groups (broad SMARTS) is 1. The quantitative estimate of drug-likeness (QED) is 0.753. The second-order valence-electron chi connectivity index (χ2n) is 5.85. The van der Waals surface area contributed by atoms with Gasteiger partial charge in [0.2, 0.25) is 0 Å². The Kier molecular flexibility index (Phi) is 2.66. The van der Waals surface area contributed by atoms with Gasteiger partial charge >= 0.3 is 5.97 Å². The van der Waals surface area contributed by atoms with Crippen LogP contribution in [0.5, 0.6) is 0 Å². The second kappa shape index (κ2) is 4.02. The Bertz CT molecular complexity index is 284. The first kappa shape index (κ1) is 10.6. The van der Waals surface area contributed by atoms with E-state index in [1.165, 1.54) is 38.5 Å². The zero-order valence-electron chi connectivity index (χ0n) is 9.69. The molecule has 2 N–H and O–H groups in total. The molecule has 0 spiro atoms. The van der Waals surface area contributed by atoms with Gasteiger partial charge in [0.15, 0.2) is 0 Å². The van der Waals surface area contributed by atoms with Crippen molar-refractivity contribution in [3.8, 4) is 0 Å². The van der Waals surface area contributed by atoms with Gasteiger partial charge in [-0.25, -0.2) is 0 Å². The Labute approximate surface area is 96.6 Å². The van der Waals surface area contributed by atoms with Gasteiger partial charge in [0.05, 0.1) is 5.92 Å². The van der Waals surface area contributed by atoms with Gasteiger partial charge in [0, 0.05) is 12.1 Å². The van der Waals surface area contributed by atoms with Crippen LogP contribution >= 0.6 is 0 Å². The molecule has 0 aromatic rings. The maximum absolute atomic E-state index is 11.4. The van der Waals surface area contributed by atoms with E-state index < -0.39 is 5.97 Å². The fourth-order valence-electron chi connectivity index (χ4n) is 4.35. The van der Waals surface area contributed by atoms with Crippen LogP contribution in [0, 0.1) is 17.8 Å². The van der Waals surface area contributed by atoms with Gasteiger partial charge in [-0.3, -0.25) is 4.79 Å². The molecular formula is C13H21NO2. The van der Waals surface area contributed by atoms with Crippen molar-refractivity contribution in [3.05, 3.63) is 0 Å². The summed E-state index contributed by atoms with van der Waals surface area (Å²) in [5, 5.41) is 13.0. The van der Waals surface area contributed by atoms with E-state index in [9.17, 15) is 9.90 Å². The van der Waals surface area contributed by atoms with E-state index in [0.29, 0.717) is 23.9 Å². The third-order valence-electron chi connectivity index (χ3n) is 5.00. The number of carboxylic acids is 1. The van der Waals surface area contributed by atoms with Crippen LogP contribution < -0.4 is 5.32 Å². The third kappa shape index (κ3) is 1.65. The van der Waals surface area contributed by atoms with E-state index in [1.54, 1.807) is 0 Å². The summed E-state index contributed by atoms with van der Waals surface area (Å²) in [6.45, 7) is 0. The minimum Gasteiger partial charge on any atom is -0.481 e. The summed E-state index contributed by atoms with van der Waals surface area (Å²) < 4.78 is 0. The van der Waals surface area contributed by atoms with Crippen molar-refractivity contribution in [2.75, 3.05) is 0 Å². The Hall–Kier alpha value is -0.570. The summed E-state index contributed by atoms with van der Waals surface area (Å²) >= 11 is 0. The average Bonchev–Trinajstić information content (AvgIpc) is 2.89. The monoisotopic (exact) mass is 223 g/mol. The van der Waals surface area contributed by atoms with Crippen molar-refractivity contribution >= 4 is 5.97 Å². The topological polar surface area (TPSA) is 49.3 Å². The molecule has 3 rings (SSSR count). The Morgan fingerprint density at radius 2 is 1.88 bits per heavy atom. The molecule has 90 valence electrons. The molecule has 2 aliphatic heterocycles. The molecular weight excluding hydrogens is 202 g/mol. The Morgan fingerprint density at radius 1 is 1.12 bits per heavy atom. The summed E-state index contributed by atoms with van der Waals surface area (Å²) in [6, 6.07) is 0.992. The normalized spacial score (nSPS) is 43.8. The molecule has 0 amide bonds. The first-order valence-corrected chi connectivity index (χ1v) is 6.74. The number of fused-ring (bicyclic) bond motifs is 2. The molecule has 3 fully saturated rings. The average molecular weight is 223 g/mol. The zero-order chi connectivity index (χ0) is 11.1. The largest absolute Gasteiger partial charge is 0.481 e. The van der Waals surface area contributed by atoms with Crippen molar-refractivity contribution in [2.24, 2.45) is 17.8 Å². The maximum atomic E-state index is 11.4. The van der Waals surface area contributed by atoms with Gasteiger partial charge in [-0.2, -0.15) is 0 Å². The SMILES string of the molecule is O=C(O)C1CC2CCC(N2)C1C1CCCC1. The fraction of sp³-hybridized carbons (Fsp3) is 0.923. The predicted octanol–water partition coefficient (Wildman–Crippen LogP) is 2.02. The lowest BCUT2D eigenvalue weighted by Gasteiger charge is -2.39. The van der Waals surface area contributed by atoms with Crippen LogP contribution in [0.15, 0.2) is 0 Å². The van der Waals surface area contributed by atoms with Gasteiger partial charge in [-0.05, 0) is 31.1 Å². The molecule has 1 aliphatic carbocycles. The van der Waals surface area contributed by atoms with Gasteiger partial charge in [-0.15, -0.1) is 0 Å². The molecule has 2 bridgehead atoms. The molecule has 0 radical (unpaired) electrons. The summed E-state index contributed by atoms with van der Waals surface area (Å²) in [6.07, 6.45) is 8.40. The van der Waals surface area contributed by atoms with Crippen molar-refractivity contribution in [1.29, 1.82) is 0 Å². The number of nitrogens with one attached hydrogen (secondary N) is 1. The smallest absolute Gasteiger partial charge is 0.306 e. The van der Waals surface area contributed by atoms with Crippen LogP contribution in [0.2, 0.25) is 0 Å². The van der Waals surface area contributed by atoms with Crippen LogP contribution in [0.3, 0.4) is 0 Å². The lowest BCUT2D eigenvalue weighted by molar-refractivity contribution is -0.146. The van der Waals surface area contributed by atoms with E-state index >= 15 is 0 Å². The molecule has 1 saturated carbocycles. The summed E-state index contributed by atoms with van der Waals surface area (Å²) in [4.78, 5) is 11.4. The van der Waals surface area contributed by atoms with Crippen LogP contribution in [0.4, 0.5) is 0 Å². The van der Waals surface area contributed by atoms with Gasteiger partial charge in [0.25, 0.3) is 0 Å². The van der Waals surface area contributed by atoms with Crippen molar-refractivity contribution in [1.82, 2.24) is 5.32 Å². The summed E-state index contributed by atoms with van der Waals surface area (Å²) in [5.74, 6) is 0.480. The van der Waals surface area contributed by atoms with Crippen LogP contribution in [-0.4, -0.2) is 23.2 Å². The molecule has 16 heavy (non-hydrogen) atoms. The lowest BCUT2D eigenvalue weighted by Crippen LogP contribution is -2.50. The minimum absolute atomic E-state index is 0.0677. The number of piperidine rings is 1. The highest BCUT2D eigenvalue weighted by molar-refractivity contribution is 5.71. The number of hydrogen-bond donors (Lipinski definition) is 2. The molecule has 2 heterocycles. The van der Waals surface area contributed by atoms with Crippen molar-refractivity contribution in [3.63, 3.8) is 0 Å². The fourth-order valence-corrected chi connectivity index (χ4v) is 4.35. The van der Waals surface area contributed by atoms with E-state index in [2.05, 4.69) is 5.32 Å². The van der Waals surface area contributed by atoms with E-state index in [-0.39, 0.29) is 5.92 Å². The first-order chi connectivity index (χ1) is 7.75. The number of hydrogen-bond acceptors (Lipinski definition) is 2. The number of carbonyl (C=O) groups is 1. The molecule has 3 aliphatic rings. The molecule has 3 nitrogen and oxygen atoms in total. The second-order valence-corrected chi connectivity index (χ2v) is 5.85. The number of aliphatic carboxylic acids is 1. The van der Waals surface area contributed by atoms with Crippen molar-refractivity contribution < 1.29 is 9.90 Å².